The van der Waals surface area contributed by atoms with Crippen LogP contribution in [0.15, 0.2) is 45.8 Å². The molecule has 0 aliphatic carbocycles. The van der Waals surface area contributed by atoms with E-state index < -0.39 is 15.7 Å². The summed E-state index contributed by atoms with van der Waals surface area (Å²) in [6.07, 6.45) is 1.13. The Hall–Kier alpha value is -1.11. The standard InChI is InChI=1S/C14H12BrClFNO2S/c1-21(19,20)14-4-2-3-12(16)10(14)8-18-9-5-6-11(15)13(17)7-9/h2-7,18H,8H2,1H3. The Morgan fingerprint density at radius 2 is 2.00 bits per heavy atom. The summed E-state index contributed by atoms with van der Waals surface area (Å²) < 4.78 is 37.3. The molecule has 0 heterocycles. The normalized spacial score (nSPS) is 11.4. The van der Waals surface area contributed by atoms with Gasteiger partial charge in [0.1, 0.15) is 5.82 Å². The molecule has 21 heavy (non-hydrogen) atoms. The zero-order valence-electron chi connectivity index (χ0n) is 11.0. The molecule has 7 heteroatoms. The maximum atomic E-state index is 13.4. The molecule has 0 atom stereocenters. The number of anilines is 1. The Bertz CT molecular complexity index is 781. The lowest BCUT2D eigenvalue weighted by atomic mass is 10.2. The molecule has 0 aliphatic rings. The molecule has 0 saturated heterocycles. The average molecular weight is 393 g/mol. The molecule has 2 aromatic rings. The van der Waals surface area contributed by atoms with E-state index in [2.05, 4.69) is 21.2 Å². The molecule has 0 unspecified atom stereocenters. The van der Waals surface area contributed by atoms with Crippen LogP contribution in [0.5, 0.6) is 0 Å². The average Bonchev–Trinajstić information content (AvgIpc) is 2.40. The molecule has 112 valence electrons. The summed E-state index contributed by atoms with van der Waals surface area (Å²) in [5.41, 5.74) is 1.00. The molecule has 3 nitrogen and oxygen atoms in total. The van der Waals surface area contributed by atoms with Crippen LogP contribution >= 0.6 is 27.5 Å². The minimum absolute atomic E-state index is 0.167. The first-order valence-corrected chi connectivity index (χ1v) is 9.01. The van der Waals surface area contributed by atoms with Crippen molar-refractivity contribution in [3.63, 3.8) is 0 Å². The van der Waals surface area contributed by atoms with Crippen molar-refractivity contribution in [3.8, 4) is 0 Å². The summed E-state index contributed by atoms with van der Waals surface area (Å²) in [5.74, 6) is -0.400. The van der Waals surface area contributed by atoms with E-state index in [4.69, 9.17) is 11.6 Å². The molecule has 2 aromatic carbocycles. The largest absolute Gasteiger partial charge is 0.381 e. The zero-order valence-corrected chi connectivity index (χ0v) is 14.2. The summed E-state index contributed by atoms with van der Waals surface area (Å²) in [5, 5.41) is 3.32. The van der Waals surface area contributed by atoms with Gasteiger partial charge < -0.3 is 5.32 Å². The highest BCUT2D eigenvalue weighted by Crippen LogP contribution is 2.26. The molecule has 0 radical (unpaired) electrons. The maximum absolute atomic E-state index is 13.4. The van der Waals surface area contributed by atoms with Gasteiger partial charge in [0, 0.05) is 29.1 Å². The molecule has 1 N–H and O–H groups in total. The Kier molecular flexibility index (Phi) is 4.91. The number of halogens is 3. The van der Waals surface area contributed by atoms with E-state index in [1.165, 1.54) is 12.1 Å². The van der Waals surface area contributed by atoms with Crippen molar-refractivity contribution in [2.24, 2.45) is 0 Å². The lowest BCUT2D eigenvalue weighted by Crippen LogP contribution is -2.08. The van der Waals surface area contributed by atoms with Gasteiger partial charge >= 0.3 is 0 Å². The highest BCUT2D eigenvalue weighted by atomic mass is 79.9. The highest BCUT2D eigenvalue weighted by molar-refractivity contribution is 9.10. The fourth-order valence-electron chi connectivity index (χ4n) is 1.85. The van der Waals surface area contributed by atoms with Gasteiger partial charge in [-0.25, -0.2) is 12.8 Å². The van der Waals surface area contributed by atoms with Crippen molar-refractivity contribution in [2.75, 3.05) is 11.6 Å². The van der Waals surface area contributed by atoms with E-state index in [1.54, 1.807) is 24.3 Å². The van der Waals surface area contributed by atoms with Gasteiger partial charge in [0.2, 0.25) is 0 Å². The zero-order chi connectivity index (χ0) is 15.6. The SMILES string of the molecule is CS(=O)(=O)c1cccc(Cl)c1CNc1ccc(Br)c(F)c1. The molecule has 0 aromatic heterocycles. The molecular formula is C14H12BrClFNO2S. The van der Waals surface area contributed by atoms with E-state index >= 15 is 0 Å². The summed E-state index contributed by atoms with van der Waals surface area (Å²) >= 11 is 9.14. The number of nitrogens with one attached hydrogen (secondary N) is 1. The fourth-order valence-corrected chi connectivity index (χ4v) is 3.35. The van der Waals surface area contributed by atoms with Gasteiger partial charge in [-0.1, -0.05) is 17.7 Å². The predicted molar refractivity (Wildman–Crippen MR) is 86.0 cm³/mol. The van der Waals surface area contributed by atoms with Crippen molar-refractivity contribution in [2.45, 2.75) is 11.4 Å². The van der Waals surface area contributed by atoms with E-state index in [0.29, 0.717) is 20.7 Å². The van der Waals surface area contributed by atoms with Crippen LogP contribution in [0.25, 0.3) is 0 Å². The van der Waals surface area contributed by atoms with Crippen LogP contribution in [0.2, 0.25) is 5.02 Å². The summed E-state index contributed by atoms with van der Waals surface area (Å²) in [6, 6.07) is 9.28. The summed E-state index contributed by atoms with van der Waals surface area (Å²) in [4.78, 5) is 0.167. The molecule has 0 aliphatic heterocycles. The van der Waals surface area contributed by atoms with E-state index in [-0.39, 0.29) is 11.4 Å². The first-order valence-electron chi connectivity index (χ1n) is 5.95. The van der Waals surface area contributed by atoms with Crippen LogP contribution in [0.4, 0.5) is 10.1 Å². The van der Waals surface area contributed by atoms with Gasteiger partial charge in [-0.15, -0.1) is 0 Å². The lowest BCUT2D eigenvalue weighted by molar-refractivity contribution is 0.601. The van der Waals surface area contributed by atoms with E-state index in [9.17, 15) is 12.8 Å². The van der Waals surface area contributed by atoms with Crippen LogP contribution in [0.3, 0.4) is 0 Å². The minimum atomic E-state index is -3.38. The van der Waals surface area contributed by atoms with Crippen molar-refractivity contribution in [1.82, 2.24) is 0 Å². The summed E-state index contributed by atoms with van der Waals surface area (Å²) in [7, 11) is -3.38. The van der Waals surface area contributed by atoms with Gasteiger partial charge in [-0.3, -0.25) is 0 Å². The van der Waals surface area contributed by atoms with Crippen LogP contribution in [0.1, 0.15) is 5.56 Å². The molecule has 0 amide bonds. The van der Waals surface area contributed by atoms with Gasteiger partial charge in [0.15, 0.2) is 9.84 Å². The van der Waals surface area contributed by atoms with E-state index in [0.717, 1.165) is 6.26 Å². The van der Waals surface area contributed by atoms with Crippen LogP contribution in [-0.4, -0.2) is 14.7 Å². The number of hydrogen-bond donors (Lipinski definition) is 1. The van der Waals surface area contributed by atoms with E-state index in [1.807, 2.05) is 0 Å². The first-order chi connectivity index (χ1) is 9.79. The highest BCUT2D eigenvalue weighted by Gasteiger charge is 2.15. The fraction of sp³-hybridized carbons (Fsp3) is 0.143. The van der Waals surface area contributed by atoms with Crippen LogP contribution < -0.4 is 5.32 Å². The number of rotatable bonds is 4. The van der Waals surface area contributed by atoms with Gasteiger partial charge in [0.05, 0.1) is 9.37 Å². The van der Waals surface area contributed by atoms with Crippen molar-refractivity contribution >= 4 is 43.1 Å². The van der Waals surface area contributed by atoms with Gasteiger partial charge in [-0.2, -0.15) is 0 Å². The molecule has 0 fully saturated rings. The molecule has 2 rings (SSSR count). The third kappa shape index (κ3) is 3.96. The monoisotopic (exact) mass is 391 g/mol. The maximum Gasteiger partial charge on any atom is 0.175 e. The minimum Gasteiger partial charge on any atom is -0.381 e. The number of sulfone groups is 1. The summed E-state index contributed by atoms with van der Waals surface area (Å²) in [6.45, 7) is 0.184. The Morgan fingerprint density at radius 1 is 1.29 bits per heavy atom. The van der Waals surface area contributed by atoms with Gasteiger partial charge in [-0.05, 0) is 46.3 Å². The third-order valence-corrected chi connectivity index (χ3v) is 5.04. The predicted octanol–water partition coefficient (Wildman–Crippen LogP) is 4.26. The number of hydrogen-bond acceptors (Lipinski definition) is 3. The quantitative estimate of drug-likeness (QED) is 0.846. The molecular weight excluding hydrogens is 381 g/mol. The Balaban J connectivity index is 2.30. The van der Waals surface area contributed by atoms with Gasteiger partial charge in [0.25, 0.3) is 0 Å². The third-order valence-electron chi connectivity index (χ3n) is 2.86. The van der Waals surface area contributed by atoms with Crippen LogP contribution in [-0.2, 0) is 16.4 Å². The second kappa shape index (κ2) is 6.34. The molecule has 0 saturated carbocycles. The molecule has 0 bridgehead atoms. The van der Waals surface area contributed by atoms with Crippen LogP contribution in [0, 0.1) is 5.82 Å². The lowest BCUT2D eigenvalue weighted by Gasteiger charge is -2.12. The van der Waals surface area contributed by atoms with Crippen molar-refractivity contribution in [1.29, 1.82) is 0 Å². The smallest absolute Gasteiger partial charge is 0.175 e. The van der Waals surface area contributed by atoms with Crippen molar-refractivity contribution < 1.29 is 12.8 Å². The second-order valence-electron chi connectivity index (χ2n) is 4.47. The Morgan fingerprint density at radius 3 is 2.62 bits per heavy atom. The second-order valence-corrected chi connectivity index (χ2v) is 7.72. The number of benzene rings is 2. The topological polar surface area (TPSA) is 46.2 Å². The Labute approximate surface area is 136 Å². The molecule has 0 spiro atoms. The first kappa shape index (κ1) is 16.3. The van der Waals surface area contributed by atoms with Crippen molar-refractivity contribution in [3.05, 3.63) is 57.3 Å².